The van der Waals surface area contributed by atoms with E-state index in [1.165, 1.54) is 24.9 Å². The molecule has 15 heteroatoms. The summed E-state index contributed by atoms with van der Waals surface area (Å²) in [5.41, 5.74) is 1.07. The van der Waals surface area contributed by atoms with Crippen molar-refractivity contribution < 1.29 is 28.9 Å². The zero-order valence-electron chi connectivity index (χ0n) is 26.7. The minimum Gasteiger partial charge on any atom is -0.497 e. The van der Waals surface area contributed by atoms with E-state index in [1.54, 1.807) is 67.6 Å². The van der Waals surface area contributed by atoms with E-state index in [4.69, 9.17) is 14.2 Å². The fraction of sp³-hybridized carbons (Fsp3) is 0.114. The average molecular weight is 694 g/mol. The quantitative estimate of drug-likeness (QED) is 0.146. The van der Waals surface area contributed by atoms with Crippen LogP contribution in [0.15, 0.2) is 112 Å². The van der Waals surface area contributed by atoms with Crippen molar-refractivity contribution in [2.75, 3.05) is 19.5 Å². The first kappa shape index (κ1) is 33.3. The summed E-state index contributed by atoms with van der Waals surface area (Å²) >= 11 is 1.14. The van der Waals surface area contributed by atoms with Crippen LogP contribution in [-0.4, -0.2) is 34.5 Å². The molecular formula is C35H27N5O9S. The molecule has 1 aromatic heterocycles. The second kappa shape index (κ2) is 13.9. The van der Waals surface area contributed by atoms with Gasteiger partial charge in [-0.1, -0.05) is 47.7 Å². The first-order valence-corrected chi connectivity index (χ1v) is 15.7. The number of rotatable bonds is 10. The van der Waals surface area contributed by atoms with E-state index in [0.29, 0.717) is 43.2 Å². The van der Waals surface area contributed by atoms with Crippen molar-refractivity contribution in [1.29, 1.82) is 0 Å². The highest BCUT2D eigenvalue weighted by Crippen LogP contribution is 2.38. The fourth-order valence-corrected chi connectivity index (χ4v) is 6.48. The third kappa shape index (κ3) is 6.57. The number of carbonyl (C=O) groups excluding carboxylic acids is 1. The molecule has 0 aliphatic carbocycles. The van der Waals surface area contributed by atoms with Gasteiger partial charge in [-0.05, 0) is 66.6 Å². The Balaban J connectivity index is 1.41. The number of hydrogen-bond donors (Lipinski definition) is 1. The third-order valence-corrected chi connectivity index (χ3v) is 8.75. The molecule has 6 rings (SSSR count). The number of benzene rings is 4. The molecule has 50 heavy (non-hydrogen) atoms. The number of allylic oxidation sites excluding steroid dienone is 1. The van der Waals surface area contributed by atoms with Crippen LogP contribution in [0.3, 0.4) is 0 Å². The number of nitrogens with zero attached hydrogens (tertiary/aromatic N) is 4. The number of carbonyl (C=O) groups is 1. The molecule has 0 saturated heterocycles. The fourth-order valence-electron chi connectivity index (χ4n) is 5.44. The Morgan fingerprint density at radius 2 is 1.66 bits per heavy atom. The van der Waals surface area contributed by atoms with Crippen molar-refractivity contribution in [3.8, 4) is 23.0 Å². The monoisotopic (exact) mass is 693 g/mol. The van der Waals surface area contributed by atoms with E-state index in [-0.39, 0.29) is 22.8 Å². The van der Waals surface area contributed by atoms with Crippen LogP contribution in [0.1, 0.15) is 24.1 Å². The molecule has 5 aromatic rings. The molecule has 0 spiro atoms. The van der Waals surface area contributed by atoms with Gasteiger partial charge in [-0.3, -0.25) is 34.4 Å². The predicted octanol–water partition coefficient (Wildman–Crippen LogP) is 5.50. The van der Waals surface area contributed by atoms with Crippen molar-refractivity contribution in [3.05, 3.63) is 153 Å². The number of nitrogens with one attached hydrogen (secondary N) is 1. The van der Waals surface area contributed by atoms with Gasteiger partial charge in [0.2, 0.25) is 5.75 Å². The smallest absolute Gasteiger partial charge is 0.318 e. The molecule has 1 amide bonds. The van der Waals surface area contributed by atoms with Crippen LogP contribution in [0.25, 0.3) is 6.08 Å². The third-order valence-electron chi connectivity index (χ3n) is 7.76. The molecular weight excluding hydrogens is 666 g/mol. The molecule has 1 aliphatic rings. The highest BCUT2D eigenvalue weighted by Gasteiger charge is 2.33. The number of anilines is 1. The van der Waals surface area contributed by atoms with Gasteiger partial charge < -0.3 is 19.5 Å². The summed E-state index contributed by atoms with van der Waals surface area (Å²) in [6.07, 6.45) is 1.64. The summed E-state index contributed by atoms with van der Waals surface area (Å²) < 4.78 is 18.5. The maximum atomic E-state index is 14.2. The number of thiazole rings is 1. The van der Waals surface area contributed by atoms with Gasteiger partial charge in [0.1, 0.15) is 5.75 Å². The molecule has 1 atom stereocenters. The van der Waals surface area contributed by atoms with Crippen molar-refractivity contribution in [3.63, 3.8) is 0 Å². The zero-order valence-corrected chi connectivity index (χ0v) is 27.5. The Morgan fingerprint density at radius 1 is 0.900 bits per heavy atom. The number of ether oxygens (including phenoxy) is 3. The Hall–Kier alpha value is -6.61. The molecule has 4 aromatic carbocycles. The molecule has 0 bridgehead atoms. The number of nitro benzene ring substituents is 2. The van der Waals surface area contributed by atoms with Crippen LogP contribution in [0.5, 0.6) is 23.0 Å². The van der Waals surface area contributed by atoms with E-state index in [9.17, 15) is 29.8 Å². The van der Waals surface area contributed by atoms with E-state index >= 15 is 0 Å². The zero-order chi connectivity index (χ0) is 35.5. The van der Waals surface area contributed by atoms with E-state index < -0.39 is 33.2 Å². The number of aromatic nitrogens is 1. The normalized spacial score (nSPS) is 14.0. The largest absolute Gasteiger partial charge is 0.497 e. The highest BCUT2D eigenvalue weighted by atomic mass is 32.1. The topological polar surface area (TPSA) is 177 Å². The maximum absolute atomic E-state index is 14.2. The van der Waals surface area contributed by atoms with Gasteiger partial charge in [-0.2, -0.15) is 0 Å². The lowest BCUT2D eigenvalue weighted by molar-refractivity contribution is -0.394. The van der Waals surface area contributed by atoms with Gasteiger partial charge in [-0.25, -0.2) is 4.99 Å². The van der Waals surface area contributed by atoms with Crippen LogP contribution in [-0.2, 0) is 4.79 Å². The Labute approximate surface area is 287 Å². The first-order valence-electron chi connectivity index (χ1n) is 14.9. The minimum absolute atomic E-state index is 0.103. The van der Waals surface area contributed by atoms with Gasteiger partial charge in [-0.15, -0.1) is 0 Å². The lowest BCUT2D eigenvalue weighted by Crippen LogP contribution is -2.40. The Kier molecular flexibility index (Phi) is 9.23. The highest BCUT2D eigenvalue weighted by molar-refractivity contribution is 7.07. The summed E-state index contributed by atoms with van der Waals surface area (Å²) in [5.74, 6) is 0.207. The standard InChI is InChI=1S/C35H27N5O9S/c1-20-31(33(41)37-23-9-5-4-6-10-23)32(22-8-7-11-25(18-22)47-2)38-34(42)30(50-35(38)36-20)17-21-12-14-28(29(16-21)48-3)49-27-15-13-24(39(43)44)19-26(27)40(45)46/h4-19,32H,1-3H3,(H,37,41)/b30-17-/t32-/m1/s1. The summed E-state index contributed by atoms with van der Waals surface area (Å²) in [7, 11) is 2.91. The van der Waals surface area contributed by atoms with Crippen LogP contribution < -0.4 is 34.4 Å². The number of hydrogen-bond acceptors (Lipinski definition) is 11. The van der Waals surface area contributed by atoms with Gasteiger partial charge in [0.05, 0.1) is 52.0 Å². The number of nitro groups is 2. The molecule has 0 saturated carbocycles. The van der Waals surface area contributed by atoms with Crippen molar-refractivity contribution in [1.82, 2.24) is 4.57 Å². The average Bonchev–Trinajstić information content (AvgIpc) is 3.41. The first-order chi connectivity index (χ1) is 24.1. The number of para-hydroxylation sites is 1. The minimum atomic E-state index is -0.824. The van der Waals surface area contributed by atoms with Gasteiger partial charge in [0.15, 0.2) is 16.3 Å². The molecule has 252 valence electrons. The number of methoxy groups -OCH3 is 2. The van der Waals surface area contributed by atoms with Crippen molar-refractivity contribution in [2.45, 2.75) is 13.0 Å². The van der Waals surface area contributed by atoms with Crippen LogP contribution in [0, 0.1) is 20.2 Å². The number of amides is 1. The van der Waals surface area contributed by atoms with Crippen LogP contribution >= 0.6 is 11.3 Å². The van der Waals surface area contributed by atoms with Crippen LogP contribution in [0.4, 0.5) is 17.1 Å². The molecule has 2 heterocycles. The molecule has 14 nitrogen and oxygen atoms in total. The predicted molar refractivity (Wildman–Crippen MR) is 185 cm³/mol. The number of non-ortho nitro benzene ring substituents is 1. The second-order valence-electron chi connectivity index (χ2n) is 10.9. The maximum Gasteiger partial charge on any atom is 0.318 e. The summed E-state index contributed by atoms with van der Waals surface area (Å²) in [6, 6.07) is 23.1. The lowest BCUT2D eigenvalue weighted by Gasteiger charge is -2.25. The molecule has 0 fully saturated rings. The Morgan fingerprint density at radius 3 is 2.36 bits per heavy atom. The summed E-state index contributed by atoms with van der Waals surface area (Å²) in [6.45, 7) is 1.73. The molecule has 1 aliphatic heterocycles. The SMILES string of the molecule is COc1cccc([C@@H]2C(C(=O)Nc3ccccc3)=C(C)N=c3s/c(=C\c4ccc(Oc5ccc([N+](=O)[O-])cc5[N+](=O)[O-])c(OC)c4)c(=O)n32)c1. The summed E-state index contributed by atoms with van der Waals surface area (Å²) in [4.78, 5) is 54.3. The van der Waals surface area contributed by atoms with Gasteiger partial charge >= 0.3 is 5.69 Å². The van der Waals surface area contributed by atoms with E-state index in [0.717, 1.165) is 29.5 Å². The van der Waals surface area contributed by atoms with Crippen molar-refractivity contribution in [2.24, 2.45) is 4.99 Å². The van der Waals surface area contributed by atoms with E-state index in [2.05, 4.69) is 10.3 Å². The Bertz CT molecular complexity index is 2390. The lowest BCUT2D eigenvalue weighted by atomic mass is 9.95. The van der Waals surface area contributed by atoms with Gasteiger partial charge in [0.25, 0.3) is 17.2 Å². The van der Waals surface area contributed by atoms with Crippen molar-refractivity contribution >= 4 is 40.4 Å². The molecule has 1 N–H and O–H groups in total. The van der Waals surface area contributed by atoms with E-state index in [1.807, 2.05) is 12.1 Å². The second-order valence-corrected chi connectivity index (χ2v) is 11.9. The molecule has 0 radical (unpaired) electrons. The van der Waals surface area contributed by atoms with Crippen LogP contribution in [0.2, 0.25) is 0 Å². The van der Waals surface area contributed by atoms with Gasteiger partial charge in [0, 0.05) is 11.8 Å². The summed E-state index contributed by atoms with van der Waals surface area (Å²) in [5, 5.41) is 25.7. The molecule has 0 unspecified atom stereocenters. The number of fused-ring (bicyclic) bond motifs is 1.